The Morgan fingerprint density at radius 2 is 2.27 bits per heavy atom. The summed E-state index contributed by atoms with van der Waals surface area (Å²) in [5.41, 5.74) is 0.583. The number of thioether (sulfide) groups is 1. The van der Waals surface area contributed by atoms with E-state index in [9.17, 15) is 10.1 Å². The summed E-state index contributed by atoms with van der Waals surface area (Å²) in [6.45, 7) is 2.04. The first-order valence-electron chi connectivity index (χ1n) is 4.36. The summed E-state index contributed by atoms with van der Waals surface area (Å²) in [5, 5.41) is 11.1. The van der Waals surface area contributed by atoms with Gasteiger partial charge in [0.2, 0.25) is 0 Å². The number of anilines is 1. The molecule has 0 bridgehead atoms. The average Bonchev–Trinajstić information content (AvgIpc) is 2.20. The van der Waals surface area contributed by atoms with Gasteiger partial charge >= 0.3 is 0 Å². The van der Waals surface area contributed by atoms with Crippen molar-refractivity contribution >= 4 is 33.4 Å². The number of benzene rings is 1. The molecule has 15 heavy (non-hydrogen) atoms. The Morgan fingerprint density at radius 1 is 1.60 bits per heavy atom. The Hall–Kier alpha value is -0.750. The van der Waals surface area contributed by atoms with Crippen LogP contribution >= 0.6 is 27.7 Å². The molecule has 0 aliphatic rings. The fraction of sp³-hybridized carbons (Fsp3) is 0.333. The van der Waals surface area contributed by atoms with Crippen molar-refractivity contribution in [2.45, 2.75) is 11.8 Å². The van der Waals surface area contributed by atoms with Gasteiger partial charge in [-0.05, 0) is 39.9 Å². The highest BCUT2D eigenvalue weighted by Gasteiger charge is 2.12. The number of halogens is 1. The largest absolute Gasteiger partial charge is 0.234 e. The molecule has 1 rings (SSSR count). The highest BCUT2D eigenvalue weighted by Crippen LogP contribution is 2.31. The van der Waals surface area contributed by atoms with Gasteiger partial charge in [-0.2, -0.15) is 0 Å². The van der Waals surface area contributed by atoms with E-state index in [4.69, 9.17) is 0 Å². The van der Waals surface area contributed by atoms with Crippen molar-refractivity contribution in [3.05, 3.63) is 32.8 Å². The summed E-state index contributed by atoms with van der Waals surface area (Å²) in [6, 6.07) is 5.35. The zero-order valence-electron chi connectivity index (χ0n) is 8.44. The molecule has 0 unspecified atom stereocenters. The molecule has 0 aliphatic heterocycles. The third kappa shape index (κ3) is 3.10. The van der Waals surface area contributed by atoms with Gasteiger partial charge in [0.1, 0.15) is 5.69 Å². The van der Waals surface area contributed by atoms with E-state index in [0.717, 1.165) is 20.1 Å². The first-order valence-corrected chi connectivity index (χ1v) is 6.14. The van der Waals surface area contributed by atoms with Gasteiger partial charge in [-0.3, -0.25) is 0 Å². The molecule has 6 heteroatoms. The predicted octanol–water partition coefficient (Wildman–Crippen LogP) is 3.19. The minimum absolute atomic E-state index is 0.441. The van der Waals surface area contributed by atoms with Crippen LogP contribution in [0.1, 0.15) is 6.92 Å². The summed E-state index contributed by atoms with van der Waals surface area (Å²) in [4.78, 5) is 11.6. The molecule has 0 saturated carbocycles. The molecule has 4 nitrogen and oxygen atoms in total. The molecule has 0 radical (unpaired) electrons. The van der Waals surface area contributed by atoms with E-state index in [1.807, 2.05) is 13.0 Å². The lowest BCUT2D eigenvalue weighted by Crippen LogP contribution is -2.24. The standard InChI is InChI=1S/C9H11BrN2O2S/c1-3-15-9-6-7(4-5-8(9)10)11(2)12(13)14/h4-6H,3H2,1-2H3. The summed E-state index contributed by atoms with van der Waals surface area (Å²) in [7, 11) is 1.43. The molecule has 0 aromatic heterocycles. The third-order valence-electron chi connectivity index (χ3n) is 1.83. The average molecular weight is 291 g/mol. The summed E-state index contributed by atoms with van der Waals surface area (Å²) < 4.78 is 0.967. The monoisotopic (exact) mass is 290 g/mol. The molecule has 82 valence electrons. The lowest BCUT2D eigenvalue weighted by atomic mass is 10.3. The van der Waals surface area contributed by atoms with Crippen LogP contribution in [0.4, 0.5) is 5.69 Å². The molecule has 1 aromatic rings. The van der Waals surface area contributed by atoms with Crippen LogP contribution < -0.4 is 5.01 Å². The number of hydrazine groups is 1. The Bertz CT molecular complexity index is 373. The van der Waals surface area contributed by atoms with E-state index in [0.29, 0.717) is 5.69 Å². The van der Waals surface area contributed by atoms with Crippen LogP contribution in [0.3, 0.4) is 0 Å². The maximum absolute atomic E-state index is 10.6. The van der Waals surface area contributed by atoms with Gasteiger partial charge in [0.05, 0.1) is 7.05 Å². The van der Waals surface area contributed by atoms with E-state index in [2.05, 4.69) is 15.9 Å². The van der Waals surface area contributed by atoms with Gasteiger partial charge in [-0.25, -0.2) is 10.1 Å². The topological polar surface area (TPSA) is 46.4 Å². The van der Waals surface area contributed by atoms with E-state index >= 15 is 0 Å². The van der Waals surface area contributed by atoms with Crippen molar-refractivity contribution in [2.75, 3.05) is 17.8 Å². The third-order valence-corrected chi connectivity index (χ3v) is 3.72. The van der Waals surface area contributed by atoms with E-state index in [1.54, 1.807) is 23.9 Å². The van der Waals surface area contributed by atoms with Crippen molar-refractivity contribution in [1.29, 1.82) is 0 Å². The van der Waals surface area contributed by atoms with Gasteiger partial charge < -0.3 is 0 Å². The first kappa shape index (κ1) is 12.3. The highest BCUT2D eigenvalue weighted by atomic mass is 79.9. The van der Waals surface area contributed by atoms with Crippen LogP contribution in [-0.2, 0) is 0 Å². The Morgan fingerprint density at radius 3 is 2.80 bits per heavy atom. The highest BCUT2D eigenvalue weighted by molar-refractivity contribution is 9.10. The normalized spacial score (nSPS) is 10.1. The Labute approximate surface area is 101 Å². The van der Waals surface area contributed by atoms with Crippen LogP contribution in [0.15, 0.2) is 27.6 Å². The zero-order valence-corrected chi connectivity index (χ0v) is 10.8. The molecule has 0 fully saturated rings. The summed E-state index contributed by atoms with van der Waals surface area (Å²) >= 11 is 5.06. The molecule has 0 heterocycles. The number of rotatable bonds is 4. The van der Waals surface area contributed by atoms with Gasteiger partial charge in [-0.1, -0.05) is 11.9 Å². The Kier molecular flexibility index (Phi) is 4.41. The van der Waals surface area contributed by atoms with Crippen molar-refractivity contribution in [1.82, 2.24) is 0 Å². The number of nitrogens with zero attached hydrogens (tertiary/aromatic N) is 2. The maximum atomic E-state index is 10.6. The van der Waals surface area contributed by atoms with Gasteiger partial charge in [0.25, 0.3) is 0 Å². The van der Waals surface area contributed by atoms with Crippen LogP contribution in [0.5, 0.6) is 0 Å². The fourth-order valence-electron chi connectivity index (χ4n) is 1.05. The lowest BCUT2D eigenvalue weighted by molar-refractivity contribution is -0.490. The first-order chi connectivity index (χ1) is 7.06. The van der Waals surface area contributed by atoms with Crippen molar-refractivity contribution < 1.29 is 5.03 Å². The molecule has 0 spiro atoms. The lowest BCUT2D eigenvalue weighted by Gasteiger charge is -2.10. The predicted molar refractivity (Wildman–Crippen MR) is 65.9 cm³/mol. The van der Waals surface area contributed by atoms with Gasteiger partial charge in [0, 0.05) is 9.37 Å². The maximum Gasteiger partial charge on any atom is 0.164 e. The van der Waals surface area contributed by atoms with Crippen molar-refractivity contribution in [3.8, 4) is 0 Å². The molecular weight excluding hydrogens is 280 g/mol. The SMILES string of the molecule is CCSc1cc(N(C)[N+](=O)[O-])ccc1Br. The second-order valence-corrected chi connectivity index (χ2v) is 4.97. The van der Waals surface area contributed by atoms with Crippen molar-refractivity contribution in [2.24, 2.45) is 0 Å². The quantitative estimate of drug-likeness (QED) is 0.485. The van der Waals surface area contributed by atoms with Crippen molar-refractivity contribution in [3.63, 3.8) is 0 Å². The molecule has 0 N–H and O–H groups in total. The van der Waals surface area contributed by atoms with E-state index in [-0.39, 0.29) is 0 Å². The van der Waals surface area contributed by atoms with Crippen LogP contribution in [0, 0.1) is 10.1 Å². The minimum Gasteiger partial charge on any atom is -0.234 e. The van der Waals surface area contributed by atoms with Crippen LogP contribution in [0.2, 0.25) is 0 Å². The number of hydrogen-bond donors (Lipinski definition) is 0. The van der Waals surface area contributed by atoms with Gasteiger partial charge in [-0.15, -0.1) is 11.8 Å². The number of hydrogen-bond acceptors (Lipinski definition) is 3. The van der Waals surface area contributed by atoms with Crippen LogP contribution in [0.25, 0.3) is 0 Å². The van der Waals surface area contributed by atoms with Crippen LogP contribution in [-0.4, -0.2) is 17.8 Å². The second kappa shape index (κ2) is 5.37. The zero-order chi connectivity index (χ0) is 11.4. The fourth-order valence-corrected chi connectivity index (χ4v) is 2.36. The smallest absolute Gasteiger partial charge is 0.164 e. The molecular formula is C9H11BrN2O2S. The molecule has 0 atom stereocenters. The molecule has 0 amide bonds. The molecule has 1 aromatic carbocycles. The van der Waals surface area contributed by atoms with E-state index in [1.165, 1.54) is 7.05 Å². The minimum atomic E-state index is -0.441. The van der Waals surface area contributed by atoms with E-state index < -0.39 is 5.03 Å². The molecule has 0 saturated heterocycles. The Balaban J connectivity index is 3.01. The number of nitro groups is 1. The second-order valence-electron chi connectivity index (χ2n) is 2.81. The summed E-state index contributed by atoms with van der Waals surface area (Å²) in [5.74, 6) is 0.935. The summed E-state index contributed by atoms with van der Waals surface area (Å²) in [6.07, 6.45) is 0. The molecule has 0 aliphatic carbocycles. The van der Waals surface area contributed by atoms with Gasteiger partial charge in [0.15, 0.2) is 5.03 Å².